The Morgan fingerprint density at radius 3 is 2.40 bits per heavy atom. The summed E-state index contributed by atoms with van der Waals surface area (Å²) in [5.41, 5.74) is 0.539. The molecule has 2 aliphatic rings. The number of aryl methyl sites for hydroxylation is 1. The molecule has 1 aromatic rings. The quantitative estimate of drug-likeness (QED) is 0.763. The van der Waals surface area contributed by atoms with Gasteiger partial charge in [0.25, 0.3) is 10.0 Å². The topological polar surface area (TPSA) is 104 Å². The van der Waals surface area contributed by atoms with Crippen molar-refractivity contribution in [3.05, 3.63) is 23.8 Å². The molecule has 1 fully saturated rings. The predicted molar refractivity (Wildman–Crippen MR) is 93.5 cm³/mol. The summed E-state index contributed by atoms with van der Waals surface area (Å²) >= 11 is 0. The van der Waals surface area contributed by atoms with Gasteiger partial charge in [-0.15, -0.1) is 0 Å². The zero-order chi connectivity index (χ0) is 18.6. The Balaban J connectivity index is 2.03. The van der Waals surface area contributed by atoms with Gasteiger partial charge >= 0.3 is 0 Å². The van der Waals surface area contributed by atoms with E-state index in [0.29, 0.717) is 17.9 Å². The van der Waals surface area contributed by atoms with Crippen LogP contribution in [0.4, 0.5) is 5.69 Å². The number of carbonyl (C=O) groups excluding carboxylic acids is 1. The van der Waals surface area contributed by atoms with Crippen molar-refractivity contribution in [2.24, 2.45) is 10.9 Å². The number of rotatable bonds is 3. The predicted octanol–water partition coefficient (Wildman–Crippen LogP) is 0.730. The number of amides is 1. The molecule has 8 nitrogen and oxygen atoms in total. The van der Waals surface area contributed by atoms with Crippen molar-refractivity contribution < 1.29 is 21.6 Å². The molecule has 1 amide bonds. The molecule has 0 saturated carbocycles. The smallest absolute Gasteiger partial charge is 0.265 e. The summed E-state index contributed by atoms with van der Waals surface area (Å²) in [6.45, 7) is 5.47. The number of amidine groups is 1. The number of aliphatic imine (C=N–C) groups is 1. The maximum atomic E-state index is 12.8. The monoisotopic (exact) mass is 385 g/mol. The van der Waals surface area contributed by atoms with Crippen LogP contribution in [0.5, 0.6) is 0 Å². The van der Waals surface area contributed by atoms with Gasteiger partial charge in [0.1, 0.15) is 5.84 Å². The van der Waals surface area contributed by atoms with E-state index in [0.717, 1.165) is 4.31 Å². The number of anilines is 1. The third-order valence-corrected chi connectivity index (χ3v) is 8.24. The van der Waals surface area contributed by atoms with Crippen LogP contribution in [-0.4, -0.2) is 51.7 Å². The van der Waals surface area contributed by atoms with E-state index in [4.69, 9.17) is 0 Å². The standard InChI is InChI=1S/C15H19N3O5S2/c1-10-8-13(18-15(19)11(2)9-24(18,20)21)4-5-14(10)25(22,23)17-7-6-16-12(17)3/h4-5,8,11H,6-7,9H2,1-3H3/t11-/m1/s1. The molecule has 25 heavy (non-hydrogen) atoms. The molecule has 1 atom stereocenters. The molecule has 0 unspecified atom stereocenters. The molecule has 0 spiro atoms. The van der Waals surface area contributed by atoms with E-state index in [-0.39, 0.29) is 22.9 Å². The fourth-order valence-electron chi connectivity index (χ4n) is 3.09. The second-order valence-corrected chi connectivity index (χ2v) is 9.93. The van der Waals surface area contributed by atoms with E-state index in [9.17, 15) is 21.6 Å². The maximum Gasteiger partial charge on any atom is 0.265 e. The Morgan fingerprint density at radius 1 is 1.24 bits per heavy atom. The van der Waals surface area contributed by atoms with Crippen molar-refractivity contribution in [3.8, 4) is 0 Å². The van der Waals surface area contributed by atoms with Crippen LogP contribution in [0.15, 0.2) is 28.1 Å². The van der Waals surface area contributed by atoms with Crippen LogP contribution in [-0.2, 0) is 24.8 Å². The van der Waals surface area contributed by atoms with Gasteiger partial charge in [0.05, 0.1) is 35.3 Å². The lowest BCUT2D eigenvalue weighted by Crippen LogP contribution is -2.33. The molecular weight excluding hydrogens is 366 g/mol. The highest BCUT2D eigenvalue weighted by Gasteiger charge is 2.42. The molecule has 1 saturated heterocycles. The van der Waals surface area contributed by atoms with Gasteiger partial charge in [0, 0.05) is 0 Å². The van der Waals surface area contributed by atoms with Gasteiger partial charge in [-0.25, -0.2) is 21.1 Å². The fourth-order valence-corrected chi connectivity index (χ4v) is 6.58. The highest BCUT2D eigenvalue weighted by Crippen LogP contribution is 2.31. The molecular formula is C15H19N3O5S2. The third kappa shape index (κ3) is 2.82. The van der Waals surface area contributed by atoms with Crippen LogP contribution in [0.1, 0.15) is 19.4 Å². The minimum absolute atomic E-state index is 0.0739. The highest BCUT2D eigenvalue weighted by atomic mass is 32.2. The summed E-state index contributed by atoms with van der Waals surface area (Å²) in [6, 6.07) is 4.12. The SMILES string of the molecule is CC1=NCCN1S(=O)(=O)c1ccc(N2C(=O)[C@H](C)CS2(=O)=O)cc1C. The van der Waals surface area contributed by atoms with Crippen LogP contribution in [0, 0.1) is 12.8 Å². The zero-order valence-electron chi connectivity index (χ0n) is 14.1. The lowest BCUT2D eigenvalue weighted by molar-refractivity contribution is -0.119. The number of hydrogen-bond donors (Lipinski definition) is 0. The summed E-state index contributed by atoms with van der Waals surface area (Å²) in [4.78, 5) is 16.3. The van der Waals surface area contributed by atoms with Gasteiger partial charge in [0.2, 0.25) is 15.9 Å². The van der Waals surface area contributed by atoms with Crippen molar-refractivity contribution in [3.63, 3.8) is 0 Å². The molecule has 2 heterocycles. The van der Waals surface area contributed by atoms with Crippen molar-refractivity contribution in [2.45, 2.75) is 25.7 Å². The Hall–Kier alpha value is -1.94. The first-order valence-corrected chi connectivity index (χ1v) is 10.8. The zero-order valence-corrected chi connectivity index (χ0v) is 15.8. The average molecular weight is 385 g/mol. The van der Waals surface area contributed by atoms with Crippen molar-refractivity contribution >= 4 is 37.5 Å². The number of benzene rings is 1. The van der Waals surface area contributed by atoms with Crippen LogP contribution in [0.2, 0.25) is 0 Å². The van der Waals surface area contributed by atoms with Gasteiger partial charge in [0.15, 0.2) is 0 Å². The van der Waals surface area contributed by atoms with Crippen LogP contribution < -0.4 is 4.31 Å². The van der Waals surface area contributed by atoms with Crippen LogP contribution in [0.25, 0.3) is 0 Å². The first-order valence-electron chi connectivity index (χ1n) is 7.77. The lowest BCUT2D eigenvalue weighted by Gasteiger charge is -2.21. The van der Waals surface area contributed by atoms with E-state index < -0.39 is 31.9 Å². The first-order chi connectivity index (χ1) is 11.6. The molecule has 0 aromatic heterocycles. The number of nitrogens with zero attached hydrogens (tertiary/aromatic N) is 3. The fraction of sp³-hybridized carbons (Fsp3) is 0.467. The molecule has 3 rings (SSSR count). The number of carbonyl (C=O) groups is 1. The van der Waals surface area contributed by atoms with Gasteiger partial charge in [-0.05, 0) is 37.6 Å². The molecule has 0 radical (unpaired) electrons. The second kappa shape index (κ2) is 5.80. The molecule has 10 heteroatoms. The molecule has 2 aliphatic heterocycles. The van der Waals surface area contributed by atoms with E-state index in [1.165, 1.54) is 22.5 Å². The Bertz CT molecular complexity index is 982. The van der Waals surface area contributed by atoms with E-state index in [1.807, 2.05) is 0 Å². The number of hydrogen-bond acceptors (Lipinski definition) is 6. The van der Waals surface area contributed by atoms with Gasteiger partial charge < -0.3 is 0 Å². The third-order valence-electron chi connectivity index (χ3n) is 4.33. The van der Waals surface area contributed by atoms with E-state index in [2.05, 4.69) is 4.99 Å². The largest absolute Gasteiger partial charge is 0.273 e. The Labute approximate surface area is 147 Å². The minimum atomic E-state index is -3.76. The van der Waals surface area contributed by atoms with Crippen molar-refractivity contribution in [1.82, 2.24) is 4.31 Å². The second-order valence-electron chi connectivity index (χ2n) is 6.24. The summed E-state index contributed by atoms with van der Waals surface area (Å²) < 4.78 is 52.0. The summed E-state index contributed by atoms with van der Waals surface area (Å²) in [5, 5.41) is 0. The van der Waals surface area contributed by atoms with Crippen molar-refractivity contribution in [2.75, 3.05) is 23.1 Å². The Morgan fingerprint density at radius 2 is 1.92 bits per heavy atom. The average Bonchev–Trinajstić information content (AvgIpc) is 3.00. The first kappa shape index (κ1) is 17.9. The maximum absolute atomic E-state index is 12.8. The molecule has 136 valence electrons. The summed E-state index contributed by atoms with van der Waals surface area (Å²) in [6.07, 6.45) is 0. The van der Waals surface area contributed by atoms with Gasteiger partial charge in [-0.1, -0.05) is 6.92 Å². The summed E-state index contributed by atoms with van der Waals surface area (Å²) in [5.74, 6) is -0.932. The Kier molecular flexibility index (Phi) is 4.15. The molecule has 0 bridgehead atoms. The number of sulfonamides is 2. The lowest BCUT2D eigenvalue weighted by atomic mass is 10.2. The van der Waals surface area contributed by atoms with Gasteiger partial charge in [-0.2, -0.15) is 0 Å². The van der Waals surface area contributed by atoms with Crippen molar-refractivity contribution in [1.29, 1.82) is 0 Å². The van der Waals surface area contributed by atoms with E-state index in [1.54, 1.807) is 20.8 Å². The highest BCUT2D eigenvalue weighted by molar-refractivity contribution is 7.94. The van der Waals surface area contributed by atoms with Crippen LogP contribution >= 0.6 is 0 Å². The van der Waals surface area contributed by atoms with E-state index >= 15 is 0 Å². The molecule has 1 aromatic carbocycles. The van der Waals surface area contributed by atoms with Gasteiger partial charge in [-0.3, -0.25) is 14.1 Å². The normalized spacial score (nSPS) is 23.2. The summed E-state index contributed by atoms with van der Waals surface area (Å²) in [7, 11) is -7.49. The minimum Gasteiger partial charge on any atom is -0.273 e. The van der Waals surface area contributed by atoms with Crippen LogP contribution in [0.3, 0.4) is 0 Å². The molecule has 0 N–H and O–H groups in total. The molecule has 0 aliphatic carbocycles.